The second-order valence-electron chi connectivity index (χ2n) is 3.67. The van der Waals surface area contributed by atoms with Crippen molar-refractivity contribution < 1.29 is 5.11 Å². The summed E-state index contributed by atoms with van der Waals surface area (Å²) in [6, 6.07) is 8.46. The maximum Gasteiger partial charge on any atom is 0.0639 e. The van der Waals surface area contributed by atoms with Crippen molar-refractivity contribution in [3.63, 3.8) is 0 Å². The van der Waals surface area contributed by atoms with E-state index in [9.17, 15) is 5.11 Å². The normalized spacial score (nSPS) is 13.2. The van der Waals surface area contributed by atoms with Gasteiger partial charge in [0.15, 0.2) is 0 Å². The number of aliphatic hydroxyl groups is 1. The summed E-state index contributed by atoms with van der Waals surface area (Å²) in [5, 5.41) is 9.20. The van der Waals surface area contributed by atoms with Crippen molar-refractivity contribution in [2.75, 3.05) is 13.6 Å². The molecule has 0 saturated heterocycles. The number of benzene rings is 1. The van der Waals surface area contributed by atoms with E-state index >= 15 is 0 Å². The van der Waals surface area contributed by atoms with Crippen molar-refractivity contribution in [1.29, 1.82) is 0 Å². The fourth-order valence-corrected chi connectivity index (χ4v) is 1.78. The average Bonchev–Trinajstić information content (AvgIpc) is 2.07. The first-order valence-corrected chi connectivity index (χ1v) is 5.77. The Morgan fingerprint density at radius 3 is 2.43 bits per heavy atom. The molecule has 1 rings (SSSR count). The zero-order chi connectivity index (χ0) is 10.6. The van der Waals surface area contributed by atoms with Crippen LogP contribution >= 0.6 is 22.6 Å². The molecule has 0 radical (unpaired) electrons. The predicted molar refractivity (Wildman–Crippen MR) is 67.2 cm³/mol. The minimum absolute atomic E-state index is 0.260. The van der Waals surface area contributed by atoms with Crippen LogP contribution in [0.2, 0.25) is 0 Å². The zero-order valence-corrected chi connectivity index (χ0v) is 10.7. The van der Waals surface area contributed by atoms with E-state index in [0.29, 0.717) is 6.54 Å². The van der Waals surface area contributed by atoms with Crippen LogP contribution in [0.15, 0.2) is 24.3 Å². The molecule has 1 unspecified atom stereocenters. The molecule has 0 spiro atoms. The molecule has 1 aromatic carbocycles. The maximum atomic E-state index is 9.20. The topological polar surface area (TPSA) is 23.5 Å². The highest BCUT2D eigenvalue weighted by atomic mass is 127. The van der Waals surface area contributed by atoms with Gasteiger partial charge in [0.05, 0.1) is 6.10 Å². The molecule has 0 aliphatic rings. The smallest absolute Gasteiger partial charge is 0.0639 e. The molecule has 0 fully saturated rings. The van der Waals surface area contributed by atoms with E-state index in [1.54, 1.807) is 0 Å². The lowest BCUT2D eigenvalue weighted by atomic mass is 10.2. The van der Waals surface area contributed by atoms with Gasteiger partial charge in [0.1, 0.15) is 0 Å². The first-order chi connectivity index (χ1) is 6.58. The fourth-order valence-electron chi connectivity index (χ4n) is 1.42. The summed E-state index contributed by atoms with van der Waals surface area (Å²) in [7, 11) is 2.02. The summed E-state index contributed by atoms with van der Waals surface area (Å²) < 4.78 is 1.25. The van der Waals surface area contributed by atoms with E-state index in [1.165, 1.54) is 9.13 Å². The summed E-state index contributed by atoms with van der Waals surface area (Å²) in [6.45, 7) is 3.41. The second-order valence-corrected chi connectivity index (χ2v) is 4.92. The average molecular weight is 305 g/mol. The minimum Gasteiger partial charge on any atom is -0.392 e. The number of hydrogen-bond donors (Lipinski definition) is 1. The molecule has 0 amide bonds. The molecule has 0 saturated carbocycles. The largest absolute Gasteiger partial charge is 0.392 e. The van der Waals surface area contributed by atoms with E-state index in [1.807, 2.05) is 14.0 Å². The Balaban J connectivity index is 2.47. The number of rotatable bonds is 4. The Morgan fingerprint density at radius 1 is 1.36 bits per heavy atom. The first-order valence-electron chi connectivity index (χ1n) is 4.69. The van der Waals surface area contributed by atoms with Gasteiger partial charge in [-0.2, -0.15) is 0 Å². The van der Waals surface area contributed by atoms with Crippen LogP contribution in [0.4, 0.5) is 0 Å². The van der Waals surface area contributed by atoms with Gasteiger partial charge in [0.2, 0.25) is 0 Å². The number of nitrogens with zero attached hydrogens (tertiary/aromatic N) is 1. The zero-order valence-electron chi connectivity index (χ0n) is 8.57. The first kappa shape index (κ1) is 11.9. The molecule has 14 heavy (non-hydrogen) atoms. The standard InChI is InChI=1S/C11H16INO/c1-9(14)7-13(2)8-10-3-5-11(12)6-4-10/h3-6,9,14H,7-8H2,1-2H3. The lowest BCUT2D eigenvalue weighted by molar-refractivity contribution is 0.138. The van der Waals surface area contributed by atoms with Gasteiger partial charge < -0.3 is 5.11 Å². The van der Waals surface area contributed by atoms with Gasteiger partial charge >= 0.3 is 0 Å². The van der Waals surface area contributed by atoms with Gasteiger partial charge in [-0.1, -0.05) is 12.1 Å². The fraction of sp³-hybridized carbons (Fsp3) is 0.455. The molecule has 0 aliphatic carbocycles. The van der Waals surface area contributed by atoms with E-state index < -0.39 is 0 Å². The van der Waals surface area contributed by atoms with Gasteiger partial charge in [-0.3, -0.25) is 4.90 Å². The molecule has 1 atom stereocenters. The Bertz CT molecular complexity index is 271. The molecule has 2 nitrogen and oxygen atoms in total. The van der Waals surface area contributed by atoms with Gasteiger partial charge in [-0.15, -0.1) is 0 Å². The van der Waals surface area contributed by atoms with Crippen molar-refractivity contribution in [2.45, 2.75) is 19.6 Å². The van der Waals surface area contributed by atoms with Gasteiger partial charge in [0.25, 0.3) is 0 Å². The van der Waals surface area contributed by atoms with E-state index in [-0.39, 0.29) is 6.10 Å². The molecule has 3 heteroatoms. The molecule has 0 heterocycles. The molecule has 0 aliphatic heterocycles. The SMILES string of the molecule is CC(O)CN(C)Cc1ccc(I)cc1. The quantitative estimate of drug-likeness (QED) is 0.861. The highest BCUT2D eigenvalue weighted by Crippen LogP contribution is 2.08. The van der Waals surface area contributed by atoms with Gasteiger partial charge in [-0.25, -0.2) is 0 Å². The number of halogens is 1. The van der Waals surface area contributed by atoms with Crippen molar-refractivity contribution in [1.82, 2.24) is 4.90 Å². The van der Waals surface area contributed by atoms with E-state index in [0.717, 1.165) is 6.54 Å². The number of likely N-dealkylation sites (N-methyl/N-ethyl adjacent to an activating group) is 1. The Kier molecular flexibility index (Phi) is 4.84. The molecule has 0 aromatic heterocycles. The maximum absolute atomic E-state index is 9.20. The van der Waals surface area contributed by atoms with Crippen molar-refractivity contribution in [3.8, 4) is 0 Å². The van der Waals surface area contributed by atoms with E-state index in [4.69, 9.17) is 0 Å². The number of hydrogen-bond acceptors (Lipinski definition) is 2. The lowest BCUT2D eigenvalue weighted by Crippen LogP contribution is -2.26. The van der Waals surface area contributed by atoms with Gasteiger partial charge in [-0.05, 0) is 54.3 Å². The monoisotopic (exact) mass is 305 g/mol. The molecule has 1 N–H and O–H groups in total. The minimum atomic E-state index is -0.260. The van der Waals surface area contributed by atoms with Crippen molar-refractivity contribution in [3.05, 3.63) is 33.4 Å². The third kappa shape index (κ3) is 4.39. The highest BCUT2D eigenvalue weighted by molar-refractivity contribution is 14.1. The summed E-state index contributed by atoms with van der Waals surface area (Å²) in [4.78, 5) is 2.12. The van der Waals surface area contributed by atoms with Crippen LogP contribution in [0.1, 0.15) is 12.5 Å². The summed E-state index contributed by atoms with van der Waals surface area (Å²) in [5.74, 6) is 0. The van der Waals surface area contributed by atoms with Crippen LogP contribution in [0.3, 0.4) is 0 Å². The highest BCUT2D eigenvalue weighted by Gasteiger charge is 2.03. The van der Waals surface area contributed by atoms with Crippen LogP contribution in [0.5, 0.6) is 0 Å². The molecule has 78 valence electrons. The Labute approximate surface area is 99.1 Å². The van der Waals surface area contributed by atoms with Crippen LogP contribution in [0.25, 0.3) is 0 Å². The number of aliphatic hydroxyl groups excluding tert-OH is 1. The van der Waals surface area contributed by atoms with Crippen molar-refractivity contribution in [2.24, 2.45) is 0 Å². The van der Waals surface area contributed by atoms with Gasteiger partial charge in [0, 0.05) is 16.7 Å². The van der Waals surface area contributed by atoms with Crippen LogP contribution in [0, 0.1) is 3.57 Å². The molecular formula is C11H16INO. The molecule has 0 bridgehead atoms. The van der Waals surface area contributed by atoms with Crippen LogP contribution in [-0.4, -0.2) is 29.7 Å². The predicted octanol–water partition coefficient (Wildman–Crippen LogP) is 2.10. The van der Waals surface area contributed by atoms with Crippen LogP contribution < -0.4 is 0 Å². The summed E-state index contributed by atoms with van der Waals surface area (Å²) in [6.07, 6.45) is -0.260. The molecule has 1 aromatic rings. The third-order valence-electron chi connectivity index (χ3n) is 1.94. The Morgan fingerprint density at radius 2 is 1.93 bits per heavy atom. The summed E-state index contributed by atoms with van der Waals surface area (Å²) in [5.41, 5.74) is 1.29. The second kappa shape index (κ2) is 5.68. The van der Waals surface area contributed by atoms with Crippen molar-refractivity contribution >= 4 is 22.6 Å². The molecular weight excluding hydrogens is 289 g/mol. The third-order valence-corrected chi connectivity index (χ3v) is 2.66. The summed E-state index contributed by atoms with van der Waals surface area (Å²) >= 11 is 2.30. The Hall–Kier alpha value is -0.130. The lowest BCUT2D eigenvalue weighted by Gasteiger charge is -2.18. The van der Waals surface area contributed by atoms with E-state index in [2.05, 4.69) is 51.8 Å². The van der Waals surface area contributed by atoms with Crippen LogP contribution in [-0.2, 0) is 6.54 Å².